The molecule has 0 aliphatic carbocycles. The highest BCUT2D eigenvalue weighted by Crippen LogP contribution is 2.22. The van der Waals surface area contributed by atoms with Gasteiger partial charge in [0.2, 0.25) is 0 Å². The number of rotatable bonds is 2. The quantitative estimate of drug-likeness (QED) is 0.886. The first-order valence-corrected chi connectivity index (χ1v) is 7.13. The average Bonchev–Trinajstić information content (AvgIpc) is 2.39. The highest BCUT2D eigenvalue weighted by atomic mass is 16.2. The van der Waals surface area contributed by atoms with Crippen LogP contribution in [0.5, 0.6) is 0 Å². The average molecular weight is 260 g/mol. The first-order valence-electron chi connectivity index (χ1n) is 7.13. The van der Waals surface area contributed by atoms with Crippen LogP contribution >= 0.6 is 0 Å². The van der Waals surface area contributed by atoms with Gasteiger partial charge in [0.05, 0.1) is 0 Å². The zero-order valence-corrected chi connectivity index (χ0v) is 12.2. The van der Waals surface area contributed by atoms with Crippen molar-refractivity contribution < 1.29 is 4.79 Å². The summed E-state index contributed by atoms with van der Waals surface area (Å²) in [4.78, 5) is 12.1. The summed E-state index contributed by atoms with van der Waals surface area (Å²) in [5.41, 5.74) is 5.10. The molecule has 1 aliphatic heterocycles. The first-order chi connectivity index (χ1) is 8.97. The van der Waals surface area contributed by atoms with Gasteiger partial charge in [-0.05, 0) is 36.0 Å². The number of hydrazine groups is 1. The maximum Gasteiger partial charge on any atom is 0.265 e. The molecule has 0 bridgehead atoms. The fraction of sp³-hybridized carbons (Fsp3) is 0.562. The standard InChI is InChI=1S/C16H24N2O/c1-16(2,3)14-9-7-13(8-10-14)15(19)17-18-11-5-4-6-12-18/h7-10H,4-6,11-12H2,1-3H3,(H,17,19). The molecule has 1 amide bonds. The fourth-order valence-corrected chi connectivity index (χ4v) is 2.34. The molecule has 1 aromatic carbocycles. The topological polar surface area (TPSA) is 32.3 Å². The molecule has 0 atom stereocenters. The number of carbonyl (C=O) groups excluding carboxylic acids is 1. The molecule has 0 aromatic heterocycles. The van der Waals surface area contributed by atoms with Gasteiger partial charge in [0.25, 0.3) is 5.91 Å². The zero-order valence-electron chi connectivity index (χ0n) is 12.2. The van der Waals surface area contributed by atoms with Crippen molar-refractivity contribution in [3.63, 3.8) is 0 Å². The van der Waals surface area contributed by atoms with Gasteiger partial charge in [0.15, 0.2) is 0 Å². The van der Waals surface area contributed by atoms with E-state index >= 15 is 0 Å². The van der Waals surface area contributed by atoms with Crippen molar-refractivity contribution in [2.45, 2.75) is 45.4 Å². The number of hydrogen-bond donors (Lipinski definition) is 1. The molecule has 2 rings (SSSR count). The van der Waals surface area contributed by atoms with E-state index in [9.17, 15) is 4.79 Å². The van der Waals surface area contributed by atoms with Gasteiger partial charge in [-0.25, -0.2) is 5.01 Å². The maximum atomic E-state index is 12.1. The van der Waals surface area contributed by atoms with Crippen LogP contribution in [0, 0.1) is 0 Å². The van der Waals surface area contributed by atoms with Crippen LogP contribution in [-0.4, -0.2) is 24.0 Å². The molecule has 0 saturated carbocycles. The molecule has 1 aliphatic rings. The van der Waals surface area contributed by atoms with E-state index in [0.717, 1.165) is 18.7 Å². The Labute approximate surface area is 116 Å². The number of piperidine rings is 1. The summed E-state index contributed by atoms with van der Waals surface area (Å²) < 4.78 is 0. The van der Waals surface area contributed by atoms with Gasteiger partial charge in [0, 0.05) is 18.7 Å². The Hall–Kier alpha value is -1.35. The number of nitrogens with one attached hydrogen (secondary N) is 1. The van der Waals surface area contributed by atoms with E-state index in [-0.39, 0.29) is 11.3 Å². The molecule has 0 unspecified atom stereocenters. The van der Waals surface area contributed by atoms with Crippen LogP contribution < -0.4 is 5.43 Å². The second-order valence-corrected chi connectivity index (χ2v) is 6.32. The summed E-state index contributed by atoms with van der Waals surface area (Å²) in [6.45, 7) is 8.46. The summed E-state index contributed by atoms with van der Waals surface area (Å²) in [7, 11) is 0. The normalized spacial score (nSPS) is 17.2. The molecule has 1 N–H and O–H groups in total. The Morgan fingerprint density at radius 3 is 2.16 bits per heavy atom. The lowest BCUT2D eigenvalue weighted by molar-refractivity contribution is 0.0750. The Bertz CT molecular complexity index is 425. The minimum atomic E-state index is 0.00218. The van der Waals surface area contributed by atoms with Gasteiger partial charge < -0.3 is 0 Å². The first kappa shape index (κ1) is 14.1. The van der Waals surface area contributed by atoms with Gasteiger partial charge in [-0.3, -0.25) is 10.2 Å². The number of carbonyl (C=O) groups is 1. The second kappa shape index (κ2) is 5.74. The molecule has 1 fully saturated rings. The van der Waals surface area contributed by atoms with Crippen LogP contribution in [-0.2, 0) is 5.41 Å². The van der Waals surface area contributed by atoms with Crippen molar-refractivity contribution in [1.82, 2.24) is 10.4 Å². The fourth-order valence-electron chi connectivity index (χ4n) is 2.34. The third-order valence-corrected chi connectivity index (χ3v) is 3.63. The van der Waals surface area contributed by atoms with Crippen LogP contribution in [0.1, 0.15) is 56.0 Å². The van der Waals surface area contributed by atoms with E-state index in [1.807, 2.05) is 29.3 Å². The third kappa shape index (κ3) is 3.80. The SMILES string of the molecule is CC(C)(C)c1ccc(C(=O)NN2CCCCC2)cc1. The number of hydrogen-bond acceptors (Lipinski definition) is 2. The molecular weight excluding hydrogens is 236 g/mol. The molecular formula is C16H24N2O. The highest BCUT2D eigenvalue weighted by molar-refractivity contribution is 5.93. The summed E-state index contributed by atoms with van der Waals surface area (Å²) >= 11 is 0. The molecule has 104 valence electrons. The van der Waals surface area contributed by atoms with Crippen LogP contribution in [0.25, 0.3) is 0 Å². The van der Waals surface area contributed by atoms with E-state index < -0.39 is 0 Å². The molecule has 1 heterocycles. The van der Waals surface area contributed by atoms with Gasteiger partial charge in [-0.15, -0.1) is 0 Å². The molecule has 0 radical (unpaired) electrons. The molecule has 19 heavy (non-hydrogen) atoms. The molecule has 3 heteroatoms. The van der Waals surface area contributed by atoms with Gasteiger partial charge >= 0.3 is 0 Å². The van der Waals surface area contributed by atoms with Crippen LogP contribution in [0.3, 0.4) is 0 Å². The summed E-state index contributed by atoms with van der Waals surface area (Å²) in [6, 6.07) is 7.93. The van der Waals surface area contributed by atoms with Crippen LogP contribution in [0.4, 0.5) is 0 Å². The van der Waals surface area contributed by atoms with Crippen molar-refractivity contribution in [1.29, 1.82) is 0 Å². The van der Waals surface area contributed by atoms with E-state index in [1.165, 1.54) is 24.8 Å². The predicted molar refractivity (Wildman–Crippen MR) is 78.0 cm³/mol. The van der Waals surface area contributed by atoms with E-state index in [4.69, 9.17) is 0 Å². The molecule has 0 spiro atoms. The maximum absolute atomic E-state index is 12.1. The highest BCUT2D eigenvalue weighted by Gasteiger charge is 2.16. The Balaban J connectivity index is 1.99. The smallest absolute Gasteiger partial charge is 0.265 e. The molecule has 1 saturated heterocycles. The lowest BCUT2D eigenvalue weighted by atomic mass is 9.87. The van der Waals surface area contributed by atoms with Crippen molar-refractivity contribution in [2.75, 3.05) is 13.1 Å². The van der Waals surface area contributed by atoms with Crippen molar-refractivity contribution in [3.8, 4) is 0 Å². The van der Waals surface area contributed by atoms with Crippen LogP contribution in [0.2, 0.25) is 0 Å². The van der Waals surface area contributed by atoms with Gasteiger partial charge in [-0.2, -0.15) is 0 Å². The third-order valence-electron chi connectivity index (χ3n) is 3.63. The molecule has 1 aromatic rings. The summed E-state index contributed by atoms with van der Waals surface area (Å²) in [5.74, 6) is 0.00218. The van der Waals surface area contributed by atoms with Crippen molar-refractivity contribution in [2.24, 2.45) is 0 Å². The van der Waals surface area contributed by atoms with E-state index in [1.54, 1.807) is 0 Å². The lowest BCUT2D eigenvalue weighted by Crippen LogP contribution is -2.45. The Morgan fingerprint density at radius 2 is 1.63 bits per heavy atom. The predicted octanol–water partition coefficient (Wildman–Crippen LogP) is 3.11. The summed E-state index contributed by atoms with van der Waals surface area (Å²) in [6.07, 6.45) is 3.61. The lowest BCUT2D eigenvalue weighted by Gasteiger charge is -2.27. The zero-order chi connectivity index (χ0) is 13.9. The number of nitrogens with zero attached hydrogens (tertiary/aromatic N) is 1. The van der Waals surface area contributed by atoms with Gasteiger partial charge in [0.1, 0.15) is 0 Å². The monoisotopic (exact) mass is 260 g/mol. The Kier molecular flexibility index (Phi) is 4.25. The Morgan fingerprint density at radius 1 is 1.05 bits per heavy atom. The van der Waals surface area contributed by atoms with Crippen molar-refractivity contribution in [3.05, 3.63) is 35.4 Å². The molecule has 3 nitrogen and oxygen atoms in total. The summed E-state index contributed by atoms with van der Waals surface area (Å²) in [5, 5.41) is 2.03. The second-order valence-electron chi connectivity index (χ2n) is 6.32. The van der Waals surface area contributed by atoms with E-state index in [2.05, 4.69) is 26.2 Å². The van der Waals surface area contributed by atoms with E-state index in [0.29, 0.717) is 0 Å². The number of amides is 1. The largest absolute Gasteiger partial charge is 0.285 e. The van der Waals surface area contributed by atoms with Crippen molar-refractivity contribution >= 4 is 5.91 Å². The van der Waals surface area contributed by atoms with Gasteiger partial charge in [-0.1, -0.05) is 39.3 Å². The van der Waals surface area contributed by atoms with Crippen LogP contribution in [0.15, 0.2) is 24.3 Å². The number of benzene rings is 1. The minimum absolute atomic E-state index is 0.00218. The minimum Gasteiger partial charge on any atom is -0.285 e.